The number of rotatable bonds is 3. The number of hydrogen-bond donors (Lipinski definition) is 0. The lowest BCUT2D eigenvalue weighted by atomic mass is 10.1. The fraction of sp³-hybridized carbons (Fsp3) is 0.571. The first kappa shape index (κ1) is 8.59. The average molecular weight is 217 g/mol. The summed E-state index contributed by atoms with van der Waals surface area (Å²) in [5.41, 5.74) is 0. The highest BCUT2D eigenvalue weighted by Crippen LogP contribution is 2.07. The van der Waals surface area contributed by atoms with Gasteiger partial charge in [0.25, 0.3) is 5.91 Å². The van der Waals surface area contributed by atoms with Gasteiger partial charge in [-0.05, 0) is 12.8 Å². The van der Waals surface area contributed by atoms with Crippen LogP contribution in [0.15, 0.2) is 9.98 Å². The largest absolute Gasteiger partial charge is 0.278 e. The predicted molar refractivity (Wildman–Crippen MR) is 48.8 cm³/mol. The molecular formula is C7H9BrN2O. The van der Waals surface area contributed by atoms with Gasteiger partial charge in [-0.25, -0.2) is 4.99 Å². The summed E-state index contributed by atoms with van der Waals surface area (Å²) in [7, 11) is 0. The highest BCUT2D eigenvalue weighted by atomic mass is 79.9. The normalized spacial score (nSPS) is 22.6. The molecule has 0 spiro atoms. The van der Waals surface area contributed by atoms with E-state index in [0.29, 0.717) is 0 Å². The number of aliphatic imine (C=N–C) groups is 2. The van der Waals surface area contributed by atoms with E-state index < -0.39 is 0 Å². The van der Waals surface area contributed by atoms with E-state index in [0.717, 1.165) is 18.2 Å². The molecule has 0 aromatic carbocycles. The molecular weight excluding hydrogens is 208 g/mol. The molecule has 1 amide bonds. The van der Waals surface area contributed by atoms with E-state index in [1.165, 1.54) is 6.21 Å². The molecule has 3 nitrogen and oxygen atoms in total. The first-order valence-electron chi connectivity index (χ1n) is 3.50. The Morgan fingerprint density at radius 2 is 2.36 bits per heavy atom. The molecule has 1 rings (SSSR count). The smallest absolute Gasteiger partial charge is 0.270 e. The number of nitrogens with zero attached hydrogens (tertiary/aromatic N) is 2. The number of amides is 1. The molecule has 0 N–H and O–H groups in total. The second-order valence-electron chi connectivity index (χ2n) is 2.26. The fourth-order valence-corrected chi connectivity index (χ4v) is 1.19. The maximum atomic E-state index is 11.0. The Balaban J connectivity index is 2.39. The van der Waals surface area contributed by atoms with Crippen LogP contribution in [-0.2, 0) is 4.79 Å². The fourth-order valence-electron chi connectivity index (χ4n) is 0.867. The number of halogens is 1. The van der Waals surface area contributed by atoms with Crippen molar-refractivity contribution in [2.75, 3.05) is 5.33 Å². The van der Waals surface area contributed by atoms with Crippen molar-refractivity contribution < 1.29 is 4.79 Å². The molecule has 1 aliphatic rings. The van der Waals surface area contributed by atoms with Crippen LogP contribution >= 0.6 is 15.9 Å². The first-order valence-corrected chi connectivity index (χ1v) is 4.62. The van der Waals surface area contributed by atoms with E-state index >= 15 is 0 Å². The van der Waals surface area contributed by atoms with Crippen molar-refractivity contribution in [1.82, 2.24) is 0 Å². The van der Waals surface area contributed by atoms with Crippen LogP contribution in [0.25, 0.3) is 0 Å². The molecule has 0 bridgehead atoms. The van der Waals surface area contributed by atoms with Gasteiger partial charge in [0.15, 0.2) is 0 Å². The third kappa shape index (κ3) is 2.54. The Bertz CT molecular complexity index is 201. The summed E-state index contributed by atoms with van der Waals surface area (Å²) in [4.78, 5) is 18.6. The van der Waals surface area contributed by atoms with E-state index in [1.54, 1.807) is 6.21 Å². The monoisotopic (exact) mass is 216 g/mol. The van der Waals surface area contributed by atoms with Crippen LogP contribution in [0.4, 0.5) is 0 Å². The summed E-state index contributed by atoms with van der Waals surface area (Å²) in [6.45, 7) is 0. The molecule has 11 heavy (non-hydrogen) atoms. The van der Waals surface area contributed by atoms with Gasteiger partial charge in [0, 0.05) is 17.8 Å². The van der Waals surface area contributed by atoms with Gasteiger partial charge in [-0.15, -0.1) is 0 Å². The Kier molecular flexibility index (Phi) is 3.42. The standard InChI is InChI=1S/C7H9BrN2O/c8-3-1-2-6-7(11)10-5-4-9-6/h4-6H,1-3H2. The Morgan fingerprint density at radius 1 is 1.55 bits per heavy atom. The molecule has 0 radical (unpaired) electrons. The lowest BCUT2D eigenvalue weighted by Crippen LogP contribution is -2.20. The van der Waals surface area contributed by atoms with Gasteiger partial charge >= 0.3 is 0 Å². The number of carbonyl (C=O) groups is 1. The van der Waals surface area contributed by atoms with Crippen molar-refractivity contribution in [2.45, 2.75) is 18.9 Å². The lowest BCUT2D eigenvalue weighted by molar-refractivity contribution is -0.119. The molecule has 0 aromatic rings. The number of alkyl halides is 1. The maximum absolute atomic E-state index is 11.0. The highest BCUT2D eigenvalue weighted by molar-refractivity contribution is 9.09. The lowest BCUT2D eigenvalue weighted by Gasteiger charge is -2.08. The van der Waals surface area contributed by atoms with Gasteiger partial charge in [0.2, 0.25) is 0 Å². The van der Waals surface area contributed by atoms with E-state index in [1.807, 2.05) is 0 Å². The van der Waals surface area contributed by atoms with Crippen molar-refractivity contribution in [3.8, 4) is 0 Å². The summed E-state index contributed by atoms with van der Waals surface area (Å²) >= 11 is 3.29. The van der Waals surface area contributed by atoms with Crippen LogP contribution < -0.4 is 0 Å². The van der Waals surface area contributed by atoms with Gasteiger partial charge in [0.05, 0.1) is 0 Å². The molecule has 1 unspecified atom stereocenters. The third-order valence-electron chi connectivity index (χ3n) is 1.43. The SMILES string of the molecule is O=C1N=CC=NC1CCCBr. The molecule has 0 fully saturated rings. The van der Waals surface area contributed by atoms with Crippen molar-refractivity contribution in [3.63, 3.8) is 0 Å². The average Bonchev–Trinajstić information content (AvgIpc) is 2.03. The van der Waals surface area contributed by atoms with Crippen LogP contribution in [0.1, 0.15) is 12.8 Å². The molecule has 0 saturated carbocycles. The van der Waals surface area contributed by atoms with E-state index in [9.17, 15) is 4.79 Å². The molecule has 0 aliphatic carbocycles. The van der Waals surface area contributed by atoms with Crippen LogP contribution in [0.3, 0.4) is 0 Å². The van der Waals surface area contributed by atoms with E-state index in [-0.39, 0.29) is 11.9 Å². The molecule has 1 aliphatic heterocycles. The topological polar surface area (TPSA) is 41.8 Å². The van der Waals surface area contributed by atoms with E-state index in [4.69, 9.17) is 0 Å². The third-order valence-corrected chi connectivity index (χ3v) is 1.99. The van der Waals surface area contributed by atoms with Crippen LogP contribution in [0.2, 0.25) is 0 Å². The molecule has 0 saturated heterocycles. The zero-order valence-corrected chi connectivity index (χ0v) is 7.62. The maximum Gasteiger partial charge on any atom is 0.270 e. The van der Waals surface area contributed by atoms with Gasteiger partial charge in [0.1, 0.15) is 6.04 Å². The van der Waals surface area contributed by atoms with Gasteiger partial charge in [-0.1, -0.05) is 15.9 Å². The van der Waals surface area contributed by atoms with Crippen molar-refractivity contribution >= 4 is 34.3 Å². The summed E-state index contributed by atoms with van der Waals surface area (Å²) in [6, 6.07) is -0.224. The zero-order chi connectivity index (χ0) is 8.10. The second kappa shape index (κ2) is 4.38. The highest BCUT2D eigenvalue weighted by Gasteiger charge is 2.16. The summed E-state index contributed by atoms with van der Waals surface area (Å²) in [5.74, 6) is -0.117. The minimum absolute atomic E-state index is 0.117. The Labute approximate surface area is 73.7 Å². The zero-order valence-electron chi connectivity index (χ0n) is 6.03. The molecule has 1 atom stereocenters. The second-order valence-corrected chi connectivity index (χ2v) is 3.05. The number of carbonyl (C=O) groups excluding carboxylic acids is 1. The Morgan fingerprint density at radius 3 is 3.00 bits per heavy atom. The van der Waals surface area contributed by atoms with Crippen molar-refractivity contribution in [3.05, 3.63) is 0 Å². The van der Waals surface area contributed by atoms with Crippen LogP contribution in [-0.4, -0.2) is 29.7 Å². The number of hydrogen-bond acceptors (Lipinski definition) is 2. The molecule has 60 valence electrons. The molecule has 0 aromatic heterocycles. The van der Waals surface area contributed by atoms with Crippen molar-refractivity contribution in [1.29, 1.82) is 0 Å². The summed E-state index contributed by atoms with van der Waals surface area (Å²) < 4.78 is 0. The minimum atomic E-state index is -0.224. The van der Waals surface area contributed by atoms with Crippen molar-refractivity contribution in [2.24, 2.45) is 9.98 Å². The first-order chi connectivity index (χ1) is 5.34. The quantitative estimate of drug-likeness (QED) is 0.655. The van der Waals surface area contributed by atoms with Crippen LogP contribution in [0.5, 0.6) is 0 Å². The van der Waals surface area contributed by atoms with Gasteiger partial charge < -0.3 is 0 Å². The van der Waals surface area contributed by atoms with Gasteiger partial charge in [-0.2, -0.15) is 0 Å². The molecule has 4 heteroatoms. The summed E-state index contributed by atoms with van der Waals surface area (Å²) in [5, 5.41) is 0.913. The van der Waals surface area contributed by atoms with Crippen LogP contribution in [0, 0.1) is 0 Å². The molecule has 1 heterocycles. The Hall–Kier alpha value is -0.510. The summed E-state index contributed by atoms with van der Waals surface area (Å²) in [6.07, 6.45) is 4.77. The predicted octanol–water partition coefficient (Wildman–Crippen LogP) is 1.21. The minimum Gasteiger partial charge on any atom is -0.278 e. The van der Waals surface area contributed by atoms with Gasteiger partial charge in [-0.3, -0.25) is 9.79 Å². The van der Waals surface area contributed by atoms with E-state index in [2.05, 4.69) is 25.9 Å².